The molecule has 2 rings (SSSR count). The third-order valence-corrected chi connectivity index (χ3v) is 2.93. The van der Waals surface area contributed by atoms with Crippen molar-refractivity contribution < 1.29 is 14.3 Å². The first-order valence-electron chi connectivity index (χ1n) is 6.72. The number of carbonyl (C=O) groups excluding carboxylic acids is 1. The number of hydrogen-bond donors (Lipinski definition) is 1. The quantitative estimate of drug-likeness (QED) is 0.916. The minimum Gasteiger partial charge on any atom is -0.497 e. The maximum absolute atomic E-state index is 11.9. The van der Waals surface area contributed by atoms with Gasteiger partial charge in [-0.25, -0.2) is 0 Å². The number of aryl methyl sites for hydroxylation is 2. The second-order valence-electron chi connectivity index (χ2n) is 4.89. The van der Waals surface area contributed by atoms with Gasteiger partial charge < -0.3 is 14.8 Å². The first kappa shape index (κ1) is 14.9. The molecule has 0 aliphatic heterocycles. The van der Waals surface area contributed by atoms with Gasteiger partial charge in [0.1, 0.15) is 11.5 Å². The maximum atomic E-state index is 11.9. The number of benzene rings is 2. The van der Waals surface area contributed by atoms with Crippen LogP contribution in [0.15, 0.2) is 42.5 Å². The van der Waals surface area contributed by atoms with Gasteiger partial charge in [-0.2, -0.15) is 0 Å². The van der Waals surface area contributed by atoms with Crippen LogP contribution in [-0.4, -0.2) is 19.6 Å². The van der Waals surface area contributed by atoms with E-state index in [0.29, 0.717) is 5.75 Å². The Morgan fingerprint density at radius 3 is 2.14 bits per heavy atom. The Morgan fingerprint density at radius 2 is 1.57 bits per heavy atom. The van der Waals surface area contributed by atoms with Crippen LogP contribution in [0.3, 0.4) is 0 Å². The van der Waals surface area contributed by atoms with Gasteiger partial charge in [0.15, 0.2) is 6.61 Å². The zero-order chi connectivity index (χ0) is 15.2. The molecule has 110 valence electrons. The Kier molecular flexibility index (Phi) is 4.82. The van der Waals surface area contributed by atoms with Crippen LogP contribution >= 0.6 is 0 Å². The summed E-state index contributed by atoms with van der Waals surface area (Å²) in [6, 6.07) is 13.0. The number of anilines is 1. The van der Waals surface area contributed by atoms with E-state index in [1.54, 1.807) is 31.4 Å². The average Bonchev–Trinajstić information content (AvgIpc) is 2.44. The fourth-order valence-electron chi connectivity index (χ4n) is 2.06. The number of ether oxygens (including phenoxy) is 2. The number of amides is 1. The van der Waals surface area contributed by atoms with Gasteiger partial charge in [0.25, 0.3) is 5.91 Å². The summed E-state index contributed by atoms with van der Waals surface area (Å²) in [5, 5.41) is 2.83. The van der Waals surface area contributed by atoms with E-state index in [0.717, 1.165) is 22.6 Å². The van der Waals surface area contributed by atoms with Crippen LogP contribution in [0, 0.1) is 13.8 Å². The van der Waals surface area contributed by atoms with Crippen LogP contribution in [0.4, 0.5) is 5.69 Å². The zero-order valence-electron chi connectivity index (χ0n) is 12.5. The van der Waals surface area contributed by atoms with Crippen molar-refractivity contribution >= 4 is 11.6 Å². The highest BCUT2D eigenvalue weighted by molar-refractivity contribution is 5.92. The SMILES string of the molecule is COc1ccc(OCC(=O)Nc2cc(C)cc(C)c2)cc1. The van der Waals surface area contributed by atoms with E-state index in [2.05, 4.69) is 11.4 Å². The van der Waals surface area contributed by atoms with Crippen molar-refractivity contribution in [2.45, 2.75) is 13.8 Å². The van der Waals surface area contributed by atoms with E-state index in [9.17, 15) is 4.79 Å². The van der Waals surface area contributed by atoms with Crippen LogP contribution in [0.1, 0.15) is 11.1 Å². The van der Waals surface area contributed by atoms with Crippen molar-refractivity contribution in [1.29, 1.82) is 0 Å². The van der Waals surface area contributed by atoms with Crippen molar-refractivity contribution in [2.24, 2.45) is 0 Å². The van der Waals surface area contributed by atoms with Crippen molar-refractivity contribution in [3.8, 4) is 11.5 Å². The third kappa shape index (κ3) is 4.53. The minimum absolute atomic E-state index is 0.0285. The number of hydrogen-bond acceptors (Lipinski definition) is 3. The van der Waals surface area contributed by atoms with E-state index in [1.807, 2.05) is 26.0 Å². The zero-order valence-corrected chi connectivity index (χ0v) is 12.5. The Labute approximate surface area is 124 Å². The topological polar surface area (TPSA) is 47.6 Å². The molecule has 0 fully saturated rings. The summed E-state index contributed by atoms with van der Waals surface area (Å²) in [4.78, 5) is 11.9. The molecule has 0 heterocycles. The Hall–Kier alpha value is -2.49. The average molecular weight is 285 g/mol. The van der Waals surface area contributed by atoms with Crippen LogP contribution in [0.5, 0.6) is 11.5 Å². The highest BCUT2D eigenvalue weighted by Gasteiger charge is 2.05. The predicted molar refractivity (Wildman–Crippen MR) is 83.0 cm³/mol. The molecule has 0 unspecified atom stereocenters. The normalized spacial score (nSPS) is 10.0. The summed E-state index contributed by atoms with van der Waals surface area (Å²) in [6.07, 6.45) is 0. The van der Waals surface area contributed by atoms with Crippen molar-refractivity contribution in [2.75, 3.05) is 19.0 Å². The van der Waals surface area contributed by atoms with Crippen molar-refractivity contribution in [1.82, 2.24) is 0 Å². The smallest absolute Gasteiger partial charge is 0.262 e. The van der Waals surface area contributed by atoms with Crippen LogP contribution < -0.4 is 14.8 Å². The molecule has 0 saturated carbocycles. The molecule has 0 radical (unpaired) electrons. The van der Waals surface area contributed by atoms with Gasteiger partial charge in [-0.3, -0.25) is 4.79 Å². The molecule has 0 saturated heterocycles. The van der Waals surface area contributed by atoms with Crippen LogP contribution in [0.2, 0.25) is 0 Å². The first-order valence-corrected chi connectivity index (χ1v) is 6.72. The molecule has 0 bridgehead atoms. The summed E-state index contributed by atoms with van der Waals surface area (Å²) >= 11 is 0. The minimum atomic E-state index is -0.184. The van der Waals surface area contributed by atoms with E-state index in [1.165, 1.54) is 0 Å². The molecule has 0 atom stereocenters. The molecular formula is C17H19NO3. The van der Waals surface area contributed by atoms with Crippen molar-refractivity contribution in [3.05, 3.63) is 53.6 Å². The number of methoxy groups -OCH3 is 1. The Bertz CT molecular complexity index is 600. The highest BCUT2D eigenvalue weighted by atomic mass is 16.5. The lowest BCUT2D eigenvalue weighted by Crippen LogP contribution is -2.20. The lowest BCUT2D eigenvalue weighted by molar-refractivity contribution is -0.118. The maximum Gasteiger partial charge on any atom is 0.262 e. The summed E-state index contributed by atoms with van der Waals surface area (Å²) in [5.41, 5.74) is 3.01. The molecule has 2 aromatic rings. The summed E-state index contributed by atoms with van der Waals surface area (Å²) in [5.74, 6) is 1.20. The second kappa shape index (κ2) is 6.79. The largest absolute Gasteiger partial charge is 0.497 e. The lowest BCUT2D eigenvalue weighted by atomic mass is 10.1. The van der Waals surface area contributed by atoms with E-state index < -0.39 is 0 Å². The van der Waals surface area contributed by atoms with Gasteiger partial charge in [0.2, 0.25) is 0 Å². The van der Waals surface area contributed by atoms with Gasteiger partial charge >= 0.3 is 0 Å². The fourth-order valence-corrected chi connectivity index (χ4v) is 2.06. The molecule has 0 aliphatic rings. The van der Waals surface area contributed by atoms with Gasteiger partial charge in [-0.15, -0.1) is 0 Å². The molecule has 0 aliphatic carbocycles. The molecular weight excluding hydrogens is 266 g/mol. The Morgan fingerprint density at radius 1 is 1.00 bits per heavy atom. The standard InChI is InChI=1S/C17H19NO3/c1-12-8-13(2)10-14(9-12)18-17(19)11-21-16-6-4-15(20-3)5-7-16/h4-10H,11H2,1-3H3,(H,18,19). The molecule has 0 spiro atoms. The molecule has 4 nitrogen and oxygen atoms in total. The van der Waals surface area contributed by atoms with Crippen molar-refractivity contribution in [3.63, 3.8) is 0 Å². The molecule has 0 aromatic heterocycles. The van der Waals surface area contributed by atoms with Gasteiger partial charge in [0, 0.05) is 5.69 Å². The number of nitrogens with one attached hydrogen (secondary N) is 1. The summed E-state index contributed by atoms with van der Waals surface area (Å²) in [6.45, 7) is 3.96. The summed E-state index contributed by atoms with van der Waals surface area (Å²) in [7, 11) is 1.60. The van der Waals surface area contributed by atoms with Gasteiger partial charge in [0.05, 0.1) is 7.11 Å². The molecule has 1 amide bonds. The molecule has 1 N–H and O–H groups in total. The monoisotopic (exact) mass is 285 g/mol. The molecule has 4 heteroatoms. The lowest BCUT2D eigenvalue weighted by Gasteiger charge is -2.09. The number of rotatable bonds is 5. The predicted octanol–water partition coefficient (Wildman–Crippen LogP) is 3.33. The fraction of sp³-hybridized carbons (Fsp3) is 0.235. The van der Waals surface area contributed by atoms with Crippen LogP contribution in [-0.2, 0) is 4.79 Å². The summed E-state index contributed by atoms with van der Waals surface area (Å²) < 4.78 is 10.5. The molecule has 2 aromatic carbocycles. The first-order chi connectivity index (χ1) is 10.1. The Balaban J connectivity index is 1.89. The van der Waals surface area contributed by atoms with Gasteiger partial charge in [-0.1, -0.05) is 6.07 Å². The van der Waals surface area contributed by atoms with E-state index >= 15 is 0 Å². The number of carbonyl (C=O) groups is 1. The molecule has 21 heavy (non-hydrogen) atoms. The second-order valence-corrected chi connectivity index (χ2v) is 4.89. The van der Waals surface area contributed by atoms with Crippen LogP contribution in [0.25, 0.3) is 0 Å². The van der Waals surface area contributed by atoms with E-state index in [4.69, 9.17) is 9.47 Å². The van der Waals surface area contributed by atoms with Gasteiger partial charge in [-0.05, 0) is 61.4 Å². The third-order valence-electron chi connectivity index (χ3n) is 2.93. The van der Waals surface area contributed by atoms with E-state index in [-0.39, 0.29) is 12.5 Å². The highest BCUT2D eigenvalue weighted by Crippen LogP contribution is 2.17.